The third-order valence-electron chi connectivity index (χ3n) is 4.14. The zero-order valence-corrected chi connectivity index (χ0v) is 15.0. The van der Waals surface area contributed by atoms with Gasteiger partial charge in [-0.05, 0) is 18.9 Å². The van der Waals surface area contributed by atoms with Crippen LogP contribution in [-0.2, 0) is 4.74 Å². The van der Waals surface area contributed by atoms with E-state index in [-0.39, 0.29) is 29.0 Å². The van der Waals surface area contributed by atoms with Crippen LogP contribution in [0.1, 0.15) is 23.2 Å². The Morgan fingerprint density at radius 3 is 2.69 bits per heavy atom. The molecule has 29 heavy (non-hydrogen) atoms. The van der Waals surface area contributed by atoms with E-state index in [1.54, 1.807) is 0 Å². The van der Waals surface area contributed by atoms with Crippen molar-refractivity contribution in [3.8, 4) is 0 Å². The number of nitro groups is 2. The Kier molecular flexibility index (Phi) is 6.09. The molecule has 1 atom stereocenters. The highest BCUT2D eigenvalue weighted by Gasteiger charge is 2.25. The number of carbonyl (C=O) groups is 1. The van der Waals surface area contributed by atoms with E-state index in [4.69, 9.17) is 4.74 Å². The Balaban J connectivity index is 1.72. The molecule has 1 aliphatic rings. The Labute approximate surface area is 163 Å². The molecule has 152 valence electrons. The highest BCUT2D eigenvalue weighted by molar-refractivity contribution is 5.95. The lowest BCUT2D eigenvalue weighted by atomic mass is 10.2. The standard InChI is InChI=1S/C16H17N7O6/c24-16(10-3-1-4-11(7-10)22(25)26)21-20-15-13(23(27)28)14(18-9-19-15)17-8-12-5-2-6-29-12/h1,3-4,7,9,12H,2,5-6,8H2,(H,21,24)(H2,17,18,19,20). The zero-order chi connectivity index (χ0) is 20.8. The van der Waals surface area contributed by atoms with Crippen molar-refractivity contribution in [2.24, 2.45) is 0 Å². The second-order valence-electron chi connectivity index (χ2n) is 6.08. The number of aromatic nitrogens is 2. The molecular weight excluding hydrogens is 386 g/mol. The molecule has 1 unspecified atom stereocenters. The molecule has 1 aliphatic heterocycles. The van der Waals surface area contributed by atoms with E-state index in [1.807, 2.05) is 0 Å². The zero-order valence-electron chi connectivity index (χ0n) is 15.0. The van der Waals surface area contributed by atoms with Crippen molar-refractivity contribution < 1.29 is 19.4 Å². The number of rotatable bonds is 8. The Morgan fingerprint density at radius 2 is 2.00 bits per heavy atom. The number of carbonyl (C=O) groups excluding carboxylic acids is 1. The first-order valence-electron chi connectivity index (χ1n) is 8.61. The summed E-state index contributed by atoms with van der Waals surface area (Å²) in [6, 6.07) is 5.05. The van der Waals surface area contributed by atoms with Gasteiger partial charge in [-0.2, -0.15) is 0 Å². The number of nitrogens with zero attached hydrogens (tertiary/aromatic N) is 4. The molecule has 13 heteroatoms. The number of ether oxygens (including phenoxy) is 1. The molecule has 3 N–H and O–H groups in total. The third-order valence-corrected chi connectivity index (χ3v) is 4.14. The maximum atomic E-state index is 12.2. The summed E-state index contributed by atoms with van der Waals surface area (Å²) >= 11 is 0. The van der Waals surface area contributed by atoms with Crippen LogP contribution in [-0.4, -0.2) is 45.0 Å². The van der Waals surface area contributed by atoms with E-state index in [0.717, 1.165) is 25.2 Å². The van der Waals surface area contributed by atoms with Gasteiger partial charge in [0, 0.05) is 30.8 Å². The molecule has 1 saturated heterocycles. The predicted molar refractivity (Wildman–Crippen MR) is 100 cm³/mol. The molecule has 2 aromatic rings. The van der Waals surface area contributed by atoms with E-state index in [9.17, 15) is 25.0 Å². The minimum absolute atomic E-state index is 0.000129. The predicted octanol–water partition coefficient (Wildman–Crippen LogP) is 1.64. The number of hydrogen-bond donors (Lipinski definition) is 3. The van der Waals surface area contributed by atoms with Gasteiger partial charge in [0.05, 0.1) is 16.0 Å². The van der Waals surface area contributed by atoms with E-state index in [2.05, 4.69) is 26.1 Å². The average molecular weight is 403 g/mol. The molecule has 0 bridgehead atoms. The first-order chi connectivity index (χ1) is 14.0. The molecule has 1 aromatic heterocycles. The SMILES string of the molecule is O=C(NNc1ncnc(NCC2CCCO2)c1[N+](=O)[O-])c1cccc([N+](=O)[O-])c1. The van der Waals surface area contributed by atoms with Gasteiger partial charge in [0.15, 0.2) is 0 Å². The first kappa shape index (κ1) is 19.9. The second-order valence-corrected chi connectivity index (χ2v) is 6.08. The number of non-ortho nitro benzene ring substituents is 1. The fourth-order valence-electron chi connectivity index (χ4n) is 2.74. The van der Waals surface area contributed by atoms with Gasteiger partial charge in [-0.1, -0.05) is 6.07 Å². The quantitative estimate of drug-likeness (QED) is 0.434. The number of nitrogens with one attached hydrogen (secondary N) is 3. The molecule has 0 spiro atoms. The molecule has 1 amide bonds. The Hall–Kier alpha value is -3.87. The lowest BCUT2D eigenvalue weighted by molar-refractivity contribution is -0.384. The lowest BCUT2D eigenvalue weighted by Crippen LogP contribution is -2.30. The van der Waals surface area contributed by atoms with Crippen LogP contribution in [0.15, 0.2) is 30.6 Å². The number of benzene rings is 1. The number of hydrogen-bond acceptors (Lipinski definition) is 10. The van der Waals surface area contributed by atoms with Crippen molar-refractivity contribution in [1.82, 2.24) is 15.4 Å². The minimum atomic E-state index is -0.726. The Bertz CT molecular complexity index is 932. The van der Waals surface area contributed by atoms with Crippen LogP contribution >= 0.6 is 0 Å². The van der Waals surface area contributed by atoms with Crippen LogP contribution in [0.4, 0.5) is 23.0 Å². The summed E-state index contributed by atoms with van der Waals surface area (Å²) < 4.78 is 5.46. The van der Waals surface area contributed by atoms with Crippen molar-refractivity contribution in [2.45, 2.75) is 18.9 Å². The number of nitro benzene ring substituents is 1. The van der Waals surface area contributed by atoms with Crippen LogP contribution in [0.3, 0.4) is 0 Å². The van der Waals surface area contributed by atoms with Gasteiger partial charge in [0.2, 0.25) is 11.6 Å². The van der Waals surface area contributed by atoms with Gasteiger partial charge in [-0.15, -0.1) is 0 Å². The lowest BCUT2D eigenvalue weighted by Gasteiger charge is -2.13. The molecular formula is C16H17N7O6. The first-order valence-corrected chi connectivity index (χ1v) is 8.61. The van der Waals surface area contributed by atoms with E-state index in [1.165, 1.54) is 18.2 Å². The van der Waals surface area contributed by atoms with E-state index < -0.39 is 21.4 Å². The normalized spacial score (nSPS) is 15.5. The van der Waals surface area contributed by atoms with Crippen LogP contribution in [0.2, 0.25) is 0 Å². The summed E-state index contributed by atoms with van der Waals surface area (Å²) in [6.07, 6.45) is 2.81. The molecule has 3 rings (SSSR count). The fourth-order valence-corrected chi connectivity index (χ4v) is 2.74. The third kappa shape index (κ3) is 4.90. The van der Waals surface area contributed by atoms with Crippen molar-refractivity contribution in [2.75, 3.05) is 23.9 Å². The second kappa shape index (κ2) is 8.88. The summed E-state index contributed by atoms with van der Waals surface area (Å²) in [5, 5.41) is 25.2. The summed E-state index contributed by atoms with van der Waals surface area (Å²) in [7, 11) is 0. The van der Waals surface area contributed by atoms with Crippen molar-refractivity contribution >= 4 is 28.9 Å². The van der Waals surface area contributed by atoms with Crippen LogP contribution < -0.4 is 16.2 Å². The van der Waals surface area contributed by atoms with Gasteiger partial charge in [0.1, 0.15) is 6.33 Å². The summed E-state index contributed by atoms with van der Waals surface area (Å²) in [5.74, 6) is -0.985. The highest BCUT2D eigenvalue weighted by atomic mass is 16.6. The smallest absolute Gasteiger partial charge is 0.354 e. The molecule has 1 aromatic carbocycles. The molecule has 2 heterocycles. The van der Waals surface area contributed by atoms with Gasteiger partial charge < -0.3 is 10.1 Å². The number of anilines is 2. The van der Waals surface area contributed by atoms with Crippen molar-refractivity contribution in [3.63, 3.8) is 0 Å². The van der Waals surface area contributed by atoms with Gasteiger partial charge >= 0.3 is 5.69 Å². The Morgan fingerprint density at radius 1 is 1.21 bits per heavy atom. The average Bonchev–Trinajstić information content (AvgIpc) is 3.24. The maximum absolute atomic E-state index is 12.2. The fraction of sp³-hybridized carbons (Fsp3) is 0.312. The monoisotopic (exact) mass is 403 g/mol. The largest absolute Gasteiger partial charge is 0.376 e. The van der Waals surface area contributed by atoms with Gasteiger partial charge in [0.25, 0.3) is 11.6 Å². The molecule has 0 saturated carbocycles. The summed E-state index contributed by atoms with van der Waals surface area (Å²) in [5.41, 5.74) is 3.91. The molecule has 0 aliphatic carbocycles. The van der Waals surface area contributed by atoms with E-state index >= 15 is 0 Å². The van der Waals surface area contributed by atoms with Crippen LogP contribution in [0, 0.1) is 20.2 Å². The van der Waals surface area contributed by atoms with Crippen molar-refractivity contribution in [1.29, 1.82) is 0 Å². The van der Waals surface area contributed by atoms with Crippen LogP contribution in [0.25, 0.3) is 0 Å². The topological polar surface area (TPSA) is 174 Å². The molecule has 1 fully saturated rings. The summed E-state index contributed by atoms with van der Waals surface area (Å²) in [6.45, 7) is 0.992. The molecule has 13 nitrogen and oxygen atoms in total. The number of hydrazine groups is 1. The maximum Gasteiger partial charge on any atom is 0.354 e. The minimum Gasteiger partial charge on any atom is -0.376 e. The van der Waals surface area contributed by atoms with Crippen LogP contribution in [0.5, 0.6) is 0 Å². The van der Waals surface area contributed by atoms with Gasteiger partial charge in [-0.25, -0.2) is 9.97 Å². The van der Waals surface area contributed by atoms with Gasteiger partial charge in [-0.3, -0.25) is 35.9 Å². The number of amides is 1. The molecule has 0 radical (unpaired) electrons. The van der Waals surface area contributed by atoms with Crippen molar-refractivity contribution in [3.05, 3.63) is 56.4 Å². The summed E-state index contributed by atoms with van der Waals surface area (Å²) in [4.78, 5) is 40.9. The highest BCUT2D eigenvalue weighted by Crippen LogP contribution is 2.28. The van der Waals surface area contributed by atoms with E-state index in [0.29, 0.717) is 13.2 Å².